The highest BCUT2D eigenvalue weighted by Crippen LogP contribution is 2.18. The van der Waals surface area contributed by atoms with E-state index in [1.165, 1.54) is 6.42 Å². The van der Waals surface area contributed by atoms with Gasteiger partial charge in [-0.3, -0.25) is 14.3 Å². The fourth-order valence-electron chi connectivity index (χ4n) is 3.51. The second-order valence-electron chi connectivity index (χ2n) is 7.13. The van der Waals surface area contributed by atoms with Crippen molar-refractivity contribution in [2.24, 2.45) is 0 Å². The Morgan fingerprint density at radius 1 is 1.03 bits per heavy atom. The molecule has 148 valence electrons. The van der Waals surface area contributed by atoms with Crippen LogP contribution in [0.3, 0.4) is 0 Å². The number of nitrogens with one attached hydrogen (secondary N) is 1. The van der Waals surface area contributed by atoms with Crippen molar-refractivity contribution >= 4 is 17.4 Å². The summed E-state index contributed by atoms with van der Waals surface area (Å²) in [5, 5.41) is 7.16. The van der Waals surface area contributed by atoms with Crippen LogP contribution >= 0.6 is 0 Å². The fraction of sp³-hybridized carbons (Fsp3) is 0.261. The minimum Gasteiger partial charge on any atom is -0.376 e. The number of benzene rings is 2. The van der Waals surface area contributed by atoms with Crippen LogP contribution in [-0.4, -0.2) is 34.2 Å². The third-order valence-electron chi connectivity index (χ3n) is 5.01. The molecule has 0 radical (unpaired) electrons. The van der Waals surface area contributed by atoms with Gasteiger partial charge in [-0.15, -0.1) is 0 Å². The monoisotopic (exact) mass is 389 g/mol. The average molecular weight is 389 g/mol. The summed E-state index contributed by atoms with van der Waals surface area (Å²) in [4.78, 5) is 25.7. The van der Waals surface area contributed by atoms with E-state index in [9.17, 15) is 9.59 Å². The zero-order valence-corrected chi connectivity index (χ0v) is 16.1. The lowest BCUT2D eigenvalue weighted by atomic mass is 9.98. The summed E-state index contributed by atoms with van der Waals surface area (Å²) in [7, 11) is 0. The zero-order valence-electron chi connectivity index (χ0n) is 16.1. The molecule has 2 aromatic carbocycles. The number of ether oxygens (including phenoxy) is 1. The number of amides is 1. The number of hydrogen-bond donors (Lipinski definition) is 1. The molecule has 1 aromatic heterocycles. The summed E-state index contributed by atoms with van der Waals surface area (Å²) in [5.74, 6) is -0.514. The molecule has 1 aliphatic rings. The van der Waals surface area contributed by atoms with Crippen molar-refractivity contribution < 1.29 is 14.3 Å². The van der Waals surface area contributed by atoms with E-state index >= 15 is 0 Å². The topological polar surface area (TPSA) is 73.2 Å². The lowest BCUT2D eigenvalue weighted by Crippen LogP contribution is -2.24. The van der Waals surface area contributed by atoms with E-state index in [4.69, 9.17) is 4.74 Å². The van der Waals surface area contributed by atoms with Crippen molar-refractivity contribution in [2.45, 2.75) is 31.9 Å². The number of hydrogen-bond acceptors (Lipinski definition) is 4. The van der Waals surface area contributed by atoms with Crippen molar-refractivity contribution in [1.29, 1.82) is 0 Å². The number of rotatable bonds is 6. The molecule has 3 aromatic rings. The van der Waals surface area contributed by atoms with Crippen LogP contribution in [0.4, 0.5) is 5.69 Å². The molecule has 1 saturated heterocycles. The molecule has 4 rings (SSSR count). The molecular formula is C23H23N3O3. The van der Waals surface area contributed by atoms with Crippen LogP contribution in [-0.2, 0) is 11.3 Å². The SMILES string of the molecule is O=C(Nc1cnn(C[C@@H]2CCCCO2)c1)c1ccccc1C(=O)c1ccccc1. The van der Waals surface area contributed by atoms with Gasteiger partial charge in [0, 0.05) is 23.9 Å². The third kappa shape index (κ3) is 4.60. The van der Waals surface area contributed by atoms with Gasteiger partial charge in [-0.1, -0.05) is 48.5 Å². The van der Waals surface area contributed by atoms with Gasteiger partial charge in [0.15, 0.2) is 5.78 Å². The van der Waals surface area contributed by atoms with Crippen LogP contribution in [0.5, 0.6) is 0 Å². The first-order valence-electron chi connectivity index (χ1n) is 9.85. The number of carbonyl (C=O) groups is 2. The Kier molecular flexibility index (Phi) is 5.81. The van der Waals surface area contributed by atoms with Crippen LogP contribution in [0.25, 0.3) is 0 Å². The molecule has 0 spiro atoms. The predicted molar refractivity (Wildman–Crippen MR) is 110 cm³/mol. The van der Waals surface area contributed by atoms with Gasteiger partial charge in [0.05, 0.1) is 30.1 Å². The Hall–Kier alpha value is -3.25. The summed E-state index contributed by atoms with van der Waals surface area (Å²) in [5.41, 5.74) is 1.85. The van der Waals surface area contributed by atoms with Gasteiger partial charge in [0.25, 0.3) is 5.91 Å². The number of aromatic nitrogens is 2. The first kappa shape index (κ1) is 19.1. The van der Waals surface area contributed by atoms with E-state index in [1.807, 2.05) is 6.07 Å². The van der Waals surface area contributed by atoms with Gasteiger partial charge >= 0.3 is 0 Å². The van der Waals surface area contributed by atoms with Crippen molar-refractivity contribution in [3.8, 4) is 0 Å². The lowest BCUT2D eigenvalue weighted by Gasteiger charge is -2.22. The van der Waals surface area contributed by atoms with Gasteiger partial charge in [-0.05, 0) is 25.3 Å². The van der Waals surface area contributed by atoms with Gasteiger partial charge in [-0.25, -0.2) is 0 Å². The smallest absolute Gasteiger partial charge is 0.256 e. The second-order valence-corrected chi connectivity index (χ2v) is 7.13. The number of anilines is 1. The maximum atomic E-state index is 12.8. The molecule has 0 unspecified atom stereocenters. The van der Waals surface area contributed by atoms with E-state index in [0.717, 1.165) is 19.4 Å². The summed E-state index contributed by atoms with van der Waals surface area (Å²) in [6.45, 7) is 1.46. The fourth-order valence-corrected chi connectivity index (χ4v) is 3.51. The van der Waals surface area contributed by atoms with E-state index in [1.54, 1.807) is 65.6 Å². The number of ketones is 1. The molecular weight excluding hydrogens is 366 g/mol. The van der Waals surface area contributed by atoms with Crippen LogP contribution in [0.1, 0.15) is 45.5 Å². The van der Waals surface area contributed by atoms with Crippen molar-refractivity contribution in [3.63, 3.8) is 0 Å². The molecule has 0 aliphatic carbocycles. The van der Waals surface area contributed by atoms with Crippen LogP contribution in [0, 0.1) is 0 Å². The maximum Gasteiger partial charge on any atom is 0.256 e. The molecule has 1 N–H and O–H groups in total. The molecule has 0 bridgehead atoms. The summed E-state index contributed by atoms with van der Waals surface area (Å²) < 4.78 is 7.52. The Balaban J connectivity index is 1.47. The summed E-state index contributed by atoms with van der Waals surface area (Å²) in [6, 6.07) is 15.8. The second kappa shape index (κ2) is 8.84. The highest BCUT2D eigenvalue weighted by Gasteiger charge is 2.19. The Labute approximate surface area is 169 Å². The highest BCUT2D eigenvalue weighted by molar-refractivity contribution is 6.17. The predicted octanol–water partition coefficient (Wildman–Crippen LogP) is 3.94. The summed E-state index contributed by atoms with van der Waals surface area (Å²) >= 11 is 0. The quantitative estimate of drug-likeness (QED) is 0.648. The van der Waals surface area contributed by atoms with E-state index in [-0.39, 0.29) is 17.8 Å². The van der Waals surface area contributed by atoms with Gasteiger partial charge < -0.3 is 10.1 Å². The van der Waals surface area contributed by atoms with Crippen molar-refractivity contribution in [3.05, 3.63) is 83.7 Å². The standard InChI is InChI=1S/C23H23N3O3/c27-22(17-8-2-1-3-9-17)20-11-4-5-12-21(20)23(28)25-18-14-24-26(15-18)16-19-10-6-7-13-29-19/h1-5,8-9,11-12,14-15,19H,6-7,10,13,16H2,(H,25,28)/t19-/m0/s1. The number of carbonyl (C=O) groups excluding carboxylic acids is 2. The van der Waals surface area contributed by atoms with Crippen molar-refractivity contribution in [1.82, 2.24) is 9.78 Å². The van der Waals surface area contributed by atoms with E-state index in [2.05, 4.69) is 10.4 Å². The maximum absolute atomic E-state index is 12.8. The third-order valence-corrected chi connectivity index (χ3v) is 5.01. The molecule has 6 nitrogen and oxygen atoms in total. The molecule has 0 saturated carbocycles. The zero-order chi connectivity index (χ0) is 20.1. The number of nitrogens with zero attached hydrogens (tertiary/aromatic N) is 2. The molecule has 2 heterocycles. The van der Waals surface area contributed by atoms with Gasteiger partial charge in [-0.2, -0.15) is 5.10 Å². The first-order chi connectivity index (χ1) is 14.2. The van der Waals surface area contributed by atoms with Crippen LogP contribution in [0.15, 0.2) is 67.0 Å². The van der Waals surface area contributed by atoms with E-state index < -0.39 is 0 Å². The highest BCUT2D eigenvalue weighted by atomic mass is 16.5. The molecule has 1 aliphatic heterocycles. The molecule has 29 heavy (non-hydrogen) atoms. The Morgan fingerprint density at radius 3 is 2.55 bits per heavy atom. The van der Waals surface area contributed by atoms with Crippen molar-refractivity contribution in [2.75, 3.05) is 11.9 Å². The summed E-state index contributed by atoms with van der Waals surface area (Å²) in [6.07, 6.45) is 6.87. The normalized spacial score (nSPS) is 16.3. The van der Waals surface area contributed by atoms with Crippen LogP contribution < -0.4 is 5.32 Å². The first-order valence-corrected chi connectivity index (χ1v) is 9.85. The van der Waals surface area contributed by atoms with E-state index in [0.29, 0.717) is 28.9 Å². The van der Waals surface area contributed by atoms with Crippen LogP contribution in [0.2, 0.25) is 0 Å². The molecule has 1 atom stereocenters. The molecule has 1 amide bonds. The minimum atomic E-state index is -0.335. The largest absolute Gasteiger partial charge is 0.376 e. The minimum absolute atomic E-state index is 0.163. The Bertz CT molecular complexity index is 991. The van der Waals surface area contributed by atoms with Gasteiger partial charge in [0.1, 0.15) is 0 Å². The molecule has 6 heteroatoms. The van der Waals surface area contributed by atoms with Gasteiger partial charge in [0.2, 0.25) is 0 Å². The average Bonchev–Trinajstić information content (AvgIpc) is 3.21. The molecule has 1 fully saturated rings. The lowest BCUT2D eigenvalue weighted by molar-refractivity contribution is 0.00400. The Morgan fingerprint density at radius 2 is 1.79 bits per heavy atom.